The van der Waals surface area contributed by atoms with Crippen molar-refractivity contribution in [3.63, 3.8) is 0 Å². The van der Waals surface area contributed by atoms with E-state index in [2.05, 4.69) is 10.3 Å². The van der Waals surface area contributed by atoms with Gasteiger partial charge in [0.05, 0.1) is 11.7 Å². The fraction of sp³-hybridized carbons (Fsp3) is 0.235. The Labute approximate surface area is 146 Å². The van der Waals surface area contributed by atoms with Crippen molar-refractivity contribution in [1.29, 1.82) is 0 Å². The molecule has 1 fully saturated rings. The molecule has 7 heteroatoms. The van der Waals surface area contributed by atoms with E-state index in [1.807, 2.05) is 30.3 Å². The van der Waals surface area contributed by atoms with Gasteiger partial charge < -0.3 is 5.32 Å². The summed E-state index contributed by atoms with van der Waals surface area (Å²) in [5.74, 6) is -0.145. The van der Waals surface area contributed by atoms with Crippen LogP contribution >= 0.6 is 22.9 Å². The number of rotatable bonds is 4. The molecule has 0 aliphatic heterocycles. The summed E-state index contributed by atoms with van der Waals surface area (Å²) in [5, 5.41) is 4.08. The van der Waals surface area contributed by atoms with Crippen LogP contribution in [0.3, 0.4) is 0 Å². The third kappa shape index (κ3) is 3.07. The Kier molecular flexibility index (Phi) is 3.86. The Bertz CT molecular complexity index is 974. The number of carbonyl (C=O) groups is 1. The van der Waals surface area contributed by atoms with E-state index in [1.54, 1.807) is 0 Å². The standard InChI is InChI=1S/C17H14ClN3O2S/c18-11-3-1-10(2-4-11)14-7-13-16(24-14)19-9-21(17(13)23)8-15(22)20-12-5-6-12/h1-4,7,9,12H,5-6,8H2,(H,20,22). The SMILES string of the molecule is O=C(Cn1cnc2sc(-c3ccc(Cl)cc3)cc2c1=O)NC1CC1. The van der Waals surface area contributed by atoms with Gasteiger partial charge in [-0.05, 0) is 36.6 Å². The van der Waals surface area contributed by atoms with Crippen LogP contribution in [-0.4, -0.2) is 21.5 Å². The lowest BCUT2D eigenvalue weighted by Gasteiger charge is -2.05. The van der Waals surface area contributed by atoms with Crippen molar-refractivity contribution in [2.75, 3.05) is 0 Å². The van der Waals surface area contributed by atoms with Crippen LogP contribution in [0.5, 0.6) is 0 Å². The van der Waals surface area contributed by atoms with Gasteiger partial charge in [0, 0.05) is 15.9 Å². The van der Waals surface area contributed by atoms with Gasteiger partial charge in [0.1, 0.15) is 11.4 Å². The molecule has 1 aromatic carbocycles. The molecule has 1 amide bonds. The molecule has 1 N–H and O–H groups in total. The summed E-state index contributed by atoms with van der Waals surface area (Å²) in [5.41, 5.74) is 0.794. The van der Waals surface area contributed by atoms with Crippen LogP contribution in [-0.2, 0) is 11.3 Å². The first-order chi connectivity index (χ1) is 11.6. The van der Waals surface area contributed by atoms with Crippen LogP contribution in [0.1, 0.15) is 12.8 Å². The highest BCUT2D eigenvalue weighted by Crippen LogP contribution is 2.31. The normalized spacial score (nSPS) is 14.0. The predicted molar refractivity (Wildman–Crippen MR) is 95.5 cm³/mol. The number of amides is 1. The highest BCUT2D eigenvalue weighted by Gasteiger charge is 2.23. The van der Waals surface area contributed by atoms with Crippen molar-refractivity contribution in [3.8, 4) is 10.4 Å². The Morgan fingerprint density at radius 1 is 1.33 bits per heavy atom. The molecule has 24 heavy (non-hydrogen) atoms. The minimum absolute atomic E-state index is 0.00436. The third-order valence-corrected chi connectivity index (χ3v) is 5.25. The van der Waals surface area contributed by atoms with Crippen LogP contribution in [0, 0.1) is 0 Å². The maximum absolute atomic E-state index is 12.6. The Hall–Kier alpha value is -2.18. The van der Waals surface area contributed by atoms with Gasteiger partial charge in [0.25, 0.3) is 5.56 Å². The van der Waals surface area contributed by atoms with Gasteiger partial charge in [-0.3, -0.25) is 14.2 Å². The quantitative estimate of drug-likeness (QED) is 0.778. The fourth-order valence-electron chi connectivity index (χ4n) is 2.48. The summed E-state index contributed by atoms with van der Waals surface area (Å²) in [6.45, 7) is 0.00436. The lowest BCUT2D eigenvalue weighted by Crippen LogP contribution is -2.33. The van der Waals surface area contributed by atoms with Crippen molar-refractivity contribution in [2.45, 2.75) is 25.4 Å². The number of nitrogens with zero attached hydrogens (tertiary/aromatic N) is 2. The van der Waals surface area contributed by atoms with Crippen molar-refractivity contribution in [2.24, 2.45) is 0 Å². The van der Waals surface area contributed by atoms with Crippen LogP contribution in [0.4, 0.5) is 0 Å². The van der Waals surface area contributed by atoms with Crippen LogP contribution in [0.2, 0.25) is 5.02 Å². The maximum Gasteiger partial charge on any atom is 0.262 e. The molecule has 0 unspecified atom stereocenters. The van der Waals surface area contributed by atoms with Crippen LogP contribution in [0.15, 0.2) is 41.5 Å². The van der Waals surface area contributed by atoms with E-state index in [0.29, 0.717) is 15.2 Å². The summed E-state index contributed by atoms with van der Waals surface area (Å²) in [7, 11) is 0. The van der Waals surface area contributed by atoms with E-state index in [-0.39, 0.29) is 24.1 Å². The molecule has 0 atom stereocenters. The van der Waals surface area contributed by atoms with E-state index >= 15 is 0 Å². The molecule has 5 nitrogen and oxygen atoms in total. The van der Waals surface area contributed by atoms with Crippen molar-refractivity contribution >= 4 is 39.1 Å². The Balaban J connectivity index is 1.66. The zero-order chi connectivity index (χ0) is 16.7. The van der Waals surface area contributed by atoms with E-state index in [9.17, 15) is 9.59 Å². The molecule has 2 heterocycles. The van der Waals surface area contributed by atoms with Gasteiger partial charge in [0.2, 0.25) is 5.91 Å². The average molecular weight is 360 g/mol. The molecule has 1 saturated carbocycles. The summed E-state index contributed by atoms with van der Waals surface area (Å²) in [4.78, 5) is 30.4. The van der Waals surface area contributed by atoms with E-state index in [0.717, 1.165) is 23.3 Å². The van der Waals surface area contributed by atoms with Crippen LogP contribution < -0.4 is 10.9 Å². The molecule has 1 aliphatic carbocycles. The number of nitrogens with one attached hydrogen (secondary N) is 1. The topological polar surface area (TPSA) is 64.0 Å². The summed E-state index contributed by atoms with van der Waals surface area (Å²) in [6.07, 6.45) is 3.49. The van der Waals surface area contributed by atoms with Crippen molar-refractivity contribution in [1.82, 2.24) is 14.9 Å². The largest absolute Gasteiger partial charge is 0.352 e. The number of hydrogen-bond acceptors (Lipinski definition) is 4. The summed E-state index contributed by atoms with van der Waals surface area (Å²) < 4.78 is 1.36. The first kappa shape index (κ1) is 15.4. The Morgan fingerprint density at radius 3 is 2.79 bits per heavy atom. The lowest BCUT2D eigenvalue weighted by atomic mass is 10.2. The molecule has 122 valence electrons. The zero-order valence-corrected chi connectivity index (χ0v) is 14.2. The number of carbonyl (C=O) groups excluding carboxylic acids is 1. The van der Waals surface area contributed by atoms with E-state index < -0.39 is 0 Å². The van der Waals surface area contributed by atoms with Gasteiger partial charge >= 0.3 is 0 Å². The molecular formula is C17H14ClN3O2S. The Morgan fingerprint density at radius 2 is 2.08 bits per heavy atom. The second kappa shape index (κ2) is 6.03. The van der Waals surface area contributed by atoms with Crippen LogP contribution in [0.25, 0.3) is 20.7 Å². The number of aromatic nitrogens is 2. The number of thiophene rings is 1. The molecule has 0 bridgehead atoms. The lowest BCUT2D eigenvalue weighted by molar-refractivity contribution is -0.121. The summed E-state index contributed by atoms with van der Waals surface area (Å²) in [6, 6.07) is 9.56. The number of benzene rings is 1. The molecule has 1 aliphatic rings. The molecule has 0 saturated heterocycles. The minimum Gasteiger partial charge on any atom is -0.352 e. The van der Waals surface area contributed by atoms with Gasteiger partial charge in [-0.25, -0.2) is 4.98 Å². The molecule has 0 radical (unpaired) electrons. The maximum atomic E-state index is 12.6. The average Bonchev–Trinajstić information content (AvgIpc) is 3.26. The first-order valence-electron chi connectivity index (χ1n) is 7.64. The molecule has 4 rings (SSSR count). The highest BCUT2D eigenvalue weighted by molar-refractivity contribution is 7.21. The minimum atomic E-state index is -0.192. The number of hydrogen-bond donors (Lipinski definition) is 1. The second-order valence-corrected chi connectivity index (χ2v) is 7.32. The van der Waals surface area contributed by atoms with Gasteiger partial charge in [-0.1, -0.05) is 23.7 Å². The summed E-state index contributed by atoms with van der Waals surface area (Å²) >= 11 is 7.36. The first-order valence-corrected chi connectivity index (χ1v) is 8.84. The fourth-order valence-corrected chi connectivity index (χ4v) is 3.61. The molecule has 2 aromatic heterocycles. The van der Waals surface area contributed by atoms with Gasteiger partial charge in [-0.15, -0.1) is 11.3 Å². The van der Waals surface area contributed by atoms with Gasteiger partial charge in [-0.2, -0.15) is 0 Å². The second-order valence-electron chi connectivity index (χ2n) is 5.86. The van der Waals surface area contributed by atoms with E-state index in [1.165, 1.54) is 22.2 Å². The zero-order valence-electron chi connectivity index (χ0n) is 12.7. The molecular weight excluding hydrogens is 346 g/mol. The van der Waals surface area contributed by atoms with E-state index in [4.69, 9.17) is 11.6 Å². The van der Waals surface area contributed by atoms with Crippen molar-refractivity contribution in [3.05, 3.63) is 52.0 Å². The predicted octanol–water partition coefficient (Wildman–Crippen LogP) is 3.06. The molecule has 0 spiro atoms. The highest BCUT2D eigenvalue weighted by atomic mass is 35.5. The van der Waals surface area contributed by atoms with Gasteiger partial charge in [0.15, 0.2) is 0 Å². The van der Waals surface area contributed by atoms with Crippen molar-refractivity contribution < 1.29 is 4.79 Å². The monoisotopic (exact) mass is 359 g/mol. The molecule has 3 aromatic rings. The third-order valence-electron chi connectivity index (χ3n) is 3.90. The smallest absolute Gasteiger partial charge is 0.262 e. The number of halogens is 1. The number of fused-ring (bicyclic) bond motifs is 1.